The van der Waals surface area contributed by atoms with Crippen LogP contribution in [0.15, 0.2) is 36.1 Å². The van der Waals surface area contributed by atoms with E-state index in [9.17, 15) is 4.57 Å². The molecule has 0 aliphatic carbocycles. The molecule has 0 spiro atoms. The molecule has 0 aromatic heterocycles. The van der Waals surface area contributed by atoms with E-state index in [0.717, 1.165) is 5.56 Å². The van der Waals surface area contributed by atoms with Crippen LogP contribution < -0.4 is 0 Å². The molecule has 0 aliphatic heterocycles. The van der Waals surface area contributed by atoms with Crippen LogP contribution >= 0.6 is 7.60 Å². The molecule has 4 heteroatoms. The summed E-state index contributed by atoms with van der Waals surface area (Å²) in [7, 11) is -0.306. The Labute approximate surface area is 83.9 Å². The molecule has 0 bridgehead atoms. The molecule has 1 aromatic rings. The van der Waals surface area contributed by atoms with Crippen molar-refractivity contribution in [2.24, 2.45) is 0 Å². The normalized spacial score (nSPS) is 12.1. The van der Waals surface area contributed by atoms with Crippen molar-refractivity contribution in [2.45, 2.75) is 0 Å². The Kier molecular flexibility index (Phi) is 4.08. The van der Waals surface area contributed by atoms with Crippen molar-refractivity contribution in [3.63, 3.8) is 0 Å². The van der Waals surface area contributed by atoms with E-state index in [1.54, 1.807) is 6.08 Å². The molecular formula is C10H13O3P. The van der Waals surface area contributed by atoms with Crippen molar-refractivity contribution in [1.82, 2.24) is 0 Å². The first-order valence-corrected chi connectivity index (χ1v) is 5.77. The summed E-state index contributed by atoms with van der Waals surface area (Å²) in [6, 6.07) is 9.55. The van der Waals surface area contributed by atoms with Crippen LogP contribution in [0.4, 0.5) is 0 Å². The summed E-state index contributed by atoms with van der Waals surface area (Å²) >= 11 is 0. The Hall–Kier alpha value is -0.890. The molecule has 3 nitrogen and oxygen atoms in total. The van der Waals surface area contributed by atoms with Crippen LogP contribution in [0.5, 0.6) is 0 Å². The van der Waals surface area contributed by atoms with Gasteiger partial charge in [-0.05, 0) is 11.6 Å². The molecule has 0 fully saturated rings. The molecule has 0 atom stereocenters. The van der Waals surface area contributed by atoms with E-state index in [2.05, 4.69) is 0 Å². The van der Waals surface area contributed by atoms with Crippen LogP contribution in [0.1, 0.15) is 5.56 Å². The van der Waals surface area contributed by atoms with Gasteiger partial charge in [-0.1, -0.05) is 30.3 Å². The highest BCUT2D eigenvalue weighted by molar-refractivity contribution is 7.57. The Balaban J connectivity index is 2.78. The van der Waals surface area contributed by atoms with Gasteiger partial charge in [0.25, 0.3) is 0 Å². The van der Waals surface area contributed by atoms with Gasteiger partial charge >= 0.3 is 7.60 Å². The number of benzene rings is 1. The zero-order valence-corrected chi connectivity index (χ0v) is 9.11. The van der Waals surface area contributed by atoms with Gasteiger partial charge in [0.15, 0.2) is 0 Å². The first-order chi connectivity index (χ1) is 6.70. The molecule has 76 valence electrons. The van der Waals surface area contributed by atoms with Crippen molar-refractivity contribution >= 4 is 13.7 Å². The van der Waals surface area contributed by atoms with Crippen molar-refractivity contribution in [1.29, 1.82) is 0 Å². The fraction of sp³-hybridized carbons (Fsp3) is 0.200. The maximum Gasteiger partial charge on any atom is 0.353 e. The van der Waals surface area contributed by atoms with Gasteiger partial charge in [-0.15, -0.1) is 0 Å². The summed E-state index contributed by atoms with van der Waals surface area (Å²) in [5.41, 5.74) is 0.960. The first-order valence-electron chi connectivity index (χ1n) is 4.16. The Morgan fingerprint density at radius 3 is 2.21 bits per heavy atom. The minimum atomic E-state index is -3.03. The van der Waals surface area contributed by atoms with E-state index in [0.29, 0.717) is 0 Å². The van der Waals surface area contributed by atoms with Gasteiger partial charge in [0, 0.05) is 20.0 Å². The molecule has 14 heavy (non-hydrogen) atoms. The van der Waals surface area contributed by atoms with E-state index in [-0.39, 0.29) is 0 Å². The van der Waals surface area contributed by atoms with Crippen LogP contribution in [-0.4, -0.2) is 14.2 Å². The Morgan fingerprint density at radius 2 is 1.71 bits per heavy atom. The molecule has 0 aliphatic rings. The van der Waals surface area contributed by atoms with Crippen molar-refractivity contribution in [3.8, 4) is 0 Å². The van der Waals surface area contributed by atoms with Crippen molar-refractivity contribution in [2.75, 3.05) is 14.2 Å². The third-order valence-corrected chi connectivity index (χ3v) is 3.29. The lowest BCUT2D eigenvalue weighted by Gasteiger charge is -2.07. The average Bonchev–Trinajstić information content (AvgIpc) is 2.27. The molecule has 0 amide bonds. The fourth-order valence-corrected chi connectivity index (χ4v) is 1.68. The van der Waals surface area contributed by atoms with E-state index in [1.807, 2.05) is 30.3 Å². The van der Waals surface area contributed by atoms with Crippen molar-refractivity contribution in [3.05, 3.63) is 41.7 Å². The van der Waals surface area contributed by atoms with Crippen LogP contribution in [-0.2, 0) is 13.6 Å². The standard InChI is InChI=1S/C10H13O3P/c1-12-14(11,13-2)9-8-10-6-4-3-5-7-10/h3-9H,1-2H3/b9-8+. The fourth-order valence-electron chi connectivity index (χ4n) is 0.938. The monoisotopic (exact) mass is 212 g/mol. The van der Waals surface area contributed by atoms with Gasteiger partial charge < -0.3 is 9.05 Å². The third kappa shape index (κ3) is 3.11. The Bertz CT molecular complexity index is 338. The van der Waals surface area contributed by atoms with Gasteiger partial charge in [0.1, 0.15) is 0 Å². The average molecular weight is 212 g/mol. The first kappa shape index (κ1) is 11.2. The minimum Gasteiger partial charge on any atom is -0.309 e. The number of hydrogen-bond acceptors (Lipinski definition) is 3. The molecule has 1 aromatic carbocycles. The topological polar surface area (TPSA) is 35.5 Å². The maximum atomic E-state index is 11.6. The summed E-state index contributed by atoms with van der Waals surface area (Å²) in [5.74, 6) is 1.45. The van der Waals surface area contributed by atoms with Gasteiger partial charge in [0.2, 0.25) is 0 Å². The second-order valence-corrected chi connectivity index (χ2v) is 4.74. The highest BCUT2D eigenvalue weighted by Gasteiger charge is 2.14. The summed E-state index contributed by atoms with van der Waals surface area (Å²) < 4.78 is 21.1. The minimum absolute atomic E-state index is 0.960. The molecule has 0 saturated carbocycles. The van der Waals surface area contributed by atoms with E-state index >= 15 is 0 Å². The quantitative estimate of drug-likeness (QED) is 0.719. The van der Waals surface area contributed by atoms with Crippen molar-refractivity contribution < 1.29 is 13.6 Å². The summed E-state index contributed by atoms with van der Waals surface area (Å²) in [5, 5.41) is 0. The molecule has 0 saturated heterocycles. The zero-order chi connectivity index (χ0) is 10.4. The lowest BCUT2D eigenvalue weighted by Crippen LogP contribution is -1.83. The highest BCUT2D eigenvalue weighted by Crippen LogP contribution is 2.48. The van der Waals surface area contributed by atoms with Gasteiger partial charge in [0.05, 0.1) is 0 Å². The molecule has 0 N–H and O–H groups in total. The molecule has 0 radical (unpaired) electrons. The largest absolute Gasteiger partial charge is 0.353 e. The SMILES string of the molecule is COP(=O)(/C=C/c1ccccc1)OC. The van der Waals surface area contributed by atoms with E-state index < -0.39 is 7.60 Å². The Morgan fingerprint density at radius 1 is 1.14 bits per heavy atom. The highest BCUT2D eigenvalue weighted by atomic mass is 31.2. The number of hydrogen-bond donors (Lipinski definition) is 0. The second kappa shape index (κ2) is 5.11. The lowest BCUT2D eigenvalue weighted by molar-refractivity contribution is 0.286. The molecule has 0 heterocycles. The molecule has 0 unspecified atom stereocenters. The summed E-state index contributed by atoms with van der Waals surface area (Å²) in [4.78, 5) is 0. The molecule has 1 rings (SSSR count). The lowest BCUT2D eigenvalue weighted by atomic mass is 10.2. The summed E-state index contributed by atoms with van der Waals surface area (Å²) in [6.07, 6.45) is 1.72. The van der Waals surface area contributed by atoms with Gasteiger partial charge in [-0.2, -0.15) is 0 Å². The predicted molar refractivity (Wildman–Crippen MR) is 57.1 cm³/mol. The summed E-state index contributed by atoms with van der Waals surface area (Å²) in [6.45, 7) is 0. The molecular weight excluding hydrogens is 199 g/mol. The smallest absolute Gasteiger partial charge is 0.309 e. The van der Waals surface area contributed by atoms with E-state index in [1.165, 1.54) is 20.0 Å². The van der Waals surface area contributed by atoms with Crippen LogP contribution in [0.2, 0.25) is 0 Å². The zero-order valence-electron chi connectivity index (χ0n) is 8.21. The van der Waals surface area contributed by atoms with Crippen LogP contribution in [0.25, 0.3) is 6.08 Å². The van der Waals surface area contributed by atoms with Gasteiger partial charge in [-0.25, -0.2) is 0 Å². The van der Waals surface area contributed by atoms with Crippen LogP contribution in [0, 0.1) is 0 Å². The van der Waals surface area contributed by atoms with Gasteiger partial charge in [-0.3, -0.25) is 4.57 Å². The van der Waals surface area contributed by atoms with E-state index in [4.69, 9.17) is 9.05 Å². The van der Waals surface area contributed by atoms with Crippen LogP contribution in [0.3, 0.4) is 0 Å². The number of rotatable bonds is 4. The second-order valence-electron chi connectivity index (χ2n) is 2.63. The third-order valence-electron chi connectivity index (χ3n) is 1.76. The maximum absolute atomic E-state index is 11.6. The predicted octanol–water partition coefficient (Wildman–Crippen LogP) is 3.14.